The van der Waals surface area contributed by atoms with Crippen LogP contribution in [0.15, 0.2) is 47.1 Å². The molecule has 4 heterocycles. The quantitative estimate of drug-likeness (QED) is 0.291. The van der Waals surface area contributed by atoms with E-state index in [1.807, 2.05) is 50.2 Å². The van der Waals surface area contributed by atoms with Crippen molar-refractivity contribution >= 4 is 39.7 Å². The fraction of sp³-hybridized carbons (Fsp3) is 0.333. The molecule has 0 radical (unpaired) electrons. The lowest BCUT2D eigenvalue weighted by molar-refractivity contribution is -0.149. The Balaban J connectivity index is 1.30. The Labute approximate surface area is 221 Å². The van der Waals surface area contributed by atoms with Crippen molar-refractivity contribution in [1.82, 2.24) is 29.6 Å². The number of alkyl halides is 3. The number of likely N-dealkylation sites (tertiary alicyclic amines) is 1. The predicted octanol–water partition coefficient (Wildman–Crippen LogP) is 5.78. The molecule has 1 aliphatic rings. The number of oxazole rings is 1. The Morgan fingerprint density at radius 2 is 1.92 bits per heavy atom. The maximum absolute atomic E-state index is 13.0. The summed E-state index contributed by atoms with van der Waals surface area (Å²) in [4.78, 5) is 14.5. The second-order valence-electron chi connectivity index (χ2n) is 10.0. The average Bonchev–Trinajstić information content (AvgIpc) is 3.46. The topological polar surface area (TPSA) is 111 Å². The number of hydrogen-bond donors (Lipinski definition) is 2. The van der Waals surface area contributed by atoms with Gasteiger partial charge in [0.2, 0.25) is 0 Å². The van der Waals surface area contributed by atoms with E-state index in [0.29, 0.717) is 42.1 Å². The Morgan fingerprint density at radius 3 is 2.69 bits per heavy atom. The molecule has 202 valence electrons. The Morgan fingerprint density at radius 1 is 1.13 bits per heavy atom. The molecule has 1 aliphatic heterocycles. The third kappa shape index (κ3) is 4.99. The summed E-state index contributed by atoms with van der Waals surface area (Å²) in [6, 6.07) is 11.7. The molecule has 1 saturated heterocycles. The molecule has 1 atom stereocenters. The molecular formula is C27H27F3N8O. The second-order valence-corrected chi connectivity index (χ2v) is 10.0. The normalized spacial score (nSPS) is 16.8. The summed E-state index contributed by atoms with van der Waals surface area (Å²) in [6.07, 6.45) is -1.57. The first-order valence-electron chi connectivity index (χ1n) is 12.7. The van der Waals surface area contributed by atoms with Crippen molar-refractivity contribution in [3.63, 3.8) is 0 Å². The van der Waals surface area contributed by atoms with Crippen LogP contribution in [0.25, 0.3) is 33.4 Å². The molecule has 3 N–H and O–H groups in total. The van der Waals surface area contributed by atoms with E-state index in [4.69, 9.17) is 15.2 Å². The van der Waals surface area contributed by atoms with E-state index in [0.717, 1.165) is 33.5 Å². The van der Waals surface area contributed by atoms with E-state index in [1.54, 1.807) is 4.68 Å². The van der Waals surface area contributed by atoms with E-state index in [2.05, 4.69) is 20.3 Å². The number of fused-ring (bicyclic) bond motifs is 2. The molecule has 0 bridgehead atoms. The van der Waals surface area contributed by atoms with Crippen LogP contribution >= 0.6 is 0 Å². The Hall–Kier alpha value is -4.19. The van der Waals surface area contributed by atoms with E-state index in [9.17, 15) is 13.2 Å². The van der Waals surface area contributed by atoms with Gasteiger partial charge in [0.15, 0.2) is 11.2 Å². The van der Waals surface area contributed by atoms with E-state index in [1.165, 1.54) is 11.2 Å². The van der Waals surface area contributed by atoms with Gasteiger partial charge in [0.05, 0.1) is 18.0 Å². The van der Waals surface area contributed by atoms with Crippen molar-refractivity contribution in [3.8, 4) is 11.3 Å². The van der Waals surface area contributed by atoms with Crippen LogP contribution in [0.3, 0.4) is 0 Å². The smallest absolute Gasteiger partial charge is 0.401 e. The number of nitrogens with zero attached hydrogens (tertiary/aromatic N) is 6. The first-order valence-corrected chi connectivity index (χ1v) is 12.7. The van der Waals surface area contributed by atoms with Crippen LogP contribution < -0.4 is 11.1 Å². The van der Waals surface area contributed by atoms with Gasteiger partial charge in [0.25, 0.3) is 6.01 Å². The van der Waals surface area contributed by atoms with E-state index < -0.39 is 12.7 Å². The minimum absolute atomic E-state index is 0.228. The third-order valence-electron chi connectivity index (χ3n) is 6.98. The van der Waals surface area contributed by atoms with Crippen molar-refractivity contribution < 1.29 is 17.6 Å². The first kappa shape index (κ1) is 25.1. The molecule has 12 heteroatoms. The lowest BCUT2D eigenvalue weighted by atomic mass is 10.1. The van der Waals surface area contributed by atoms with Crippen LogP contribution in [0, 0.1) is 13.8 Å². The molecule has 0 spiro atoms. The number of nitrogen functional groups attached to an aromatic ring is 1. The fourth-order valence-electron chi connectivity index (χ4n) is 5.35. The van der Waals surface area contributed by atoms with Crippen molar-refractivity contribution in [2.45, 2.75) is 38.9 Å². The van der Waals surface area contributed by atoms with Crippen LogP contribution in [0.4, 0.5) is 30.7 Å². The summed E-state index contributed by atoms with van der Waals surface area (Å²) in [6.45, 7) is 3.68. The zero-order chi connectivity index (χ0) is 27.3. The summed E-state index contributed by atoms with van der Waals surface area (Å²) in [5.74, 6) is 0.267. The Kier molecular flexibility index (Phi) is 6.13. The molecule has 39 heavy (non-hydrogen) atoms. The molecular weight excluding hydrogens is 509 g/mol. The van der Waals surface area contributed by atoms with Crippen LogP contribution in [-0.4, -0.2) is 55.4 Å². The first-order chi connectivity index (χ1) is 18.6. The molecule has 1 fully saturated rings. The fourth-order valence-corrected chi connectivity index (χ4v) is 5.35. The van der Waals surface area contributed by atoms with Crippen molar-refractivity contribution in [1.29, 1.82) is 0 Å². The summed E-state index contributed by atoms with van der Waals surface area (Å²) >= 11 is 0. The van der Waals surface area contributed by atoms with Crippen LogP contribution in [0.2, 0.25) is 0 Å². The van der Waals surface area contributed by atoms with Crippen LogP contribution in [-0.2, 0) is 0 Å². The van der Waals surface area contributed by atoms with E-state index in [-0.39, 0.29) is 18.4 Å². The van der Waals surface area contributed by atoms with Crippen LogP contribution in [0.5, 0.6) is 0 Å². The molecule has 0 amide bonds. The standard InChI is InChI=1S/C27H27F3N8O/c1-15-10-16(2)23-20(11-15)35-26(39-23)34-18-7-5-17(6-8-18)22-21-24(31)32-14-33-25(21)38(36-22)19-4-3-9-37(12-19)13-27(28,29)30/h5-8,10-11,14,19H,3-4,9,12-13H2,1-2H3,(H,34,35)(H2,31,32,33). The number of nitrogens with two attached hydrogens (primary N) is 1. The average molecular weight is 537 g/mol. The van der Waals surface area contributed by atoms with Crippen molar-refractivity contribution in [3.05, 3.63) is 53.9 Å². The highest BCUT2D eigenvalue weighted by atomic mass is 19.4. The number of benzene rings is 2. The van der Waals surface area contributed by atoms with Gasteiger partial charge in [-0.15, -0.1) is 0 Å². The zero-order valence-corrected chi connectivity index (χ0v) is 21.5. The molecule has 1 unspecified atom stereocenters. The number of aromatic nitrogens is 5. The minimum Gasteiger partial charge on any atom is -0.423 e. The lowest BCUT2D eigenvalue weighted by Gasteiger charge is -2.33. The number of nitrogens with one attached hydrogen (secondary N) is 1. The lowest BCUT2D eigenvalue weighted by Crippen LogP contribution is -2.42. The molecule has 5 aromatic rings. The summed E-state index contributed by atoms with van der Waals surface area (Å²) in [5.41, 5.74) is 12.5. The van der Waals surface area contributed by atoms with Gasteiger partial charge in [-0.3, -0.25) is 4.90 Å². The van der Waals surface area contributed by atoms with E-state index >= 15 is 0 Å². The number of hydrogen-bond acceptors (Lipinski definition) is 8. The maximum Gasteiger partial charge on any atom is 0.401 e. The van der Waals surface area contributed by atoms with Crippen molar-refractivity contribution in [2.75, 3.05) is 30.7 Å². The number of aryl methyl sites for hydroxylation is 2. The molecule has 6 rings (SSSR count). The number of anilines is 3. The summed E-state index contributed by atoms with van der Waals surface area (Å²) in [7, 11) is 0. The molecule has 9 nitrogen and oxygen atoms in total. The summed E-state index contributed by atoms with van der Waals surface area (Å²) in [5, 5.41) is 8.59. The molecule has 0 saturated carbocycles. The predicted molar refractivity (Wildman–Crippen MR) is 143 cm³/mol. The SMILES string of the molecule is Cc1cc(C)c2oc(Nc3ccc(-c4nn(C5CCCN(CC(F)(F)F)C5)c5ncnc(N)c45)cc3)nc2c1. The van der Waals surface area contributed by atoms with Crippen LogP contribution in [0.1, 0.15) is 30.0 Å². The monoisotopic (exact) mass is 536 g/mol. The minimum atomic E-state index is -4.25. The number of rotatable bonds is 5. The largest absolute Gasteiger partial charge is 0.423 e. The highest BCUT2D eigenvalue weighted by Gasteiger charge is 2.34. The zero-order valence-electron chi connectivity index (χ0n) is 21.5. The van der Waals surface area contributed by atoms with Gasteiger partial charge >= 0.3 is 6.18 Å². The van der Waals surface area contributed by atoms with Gasteiger partial charge in [-0.25, -0.2) is 14.6 Å². The highest BCUT2D eigenvalue weighted by Crippen LogP contribution is 2.35. The van der Waals surface area contributed by atoms with Crippen molar-refractivity contribution in [2.24, 2.45) is 0 Å². The van der Waals surface area contributed by atoms with Gasteiger partial charge < -0.3 is 15.5 Å². The van der Waals surface area contributed by atoms with Gasteiger partial charge in [-0.05, 0) is 62.6 Å². The number of halogens is 3. The van der Waals surface area contributed by atoms with Gasteiger partial charge in [-0.2, -0.15) is 23.3 Å². The third-order valence-corrected chi connectivity index (χ3v) is 6.98. The molecule has 2 aromatic carbocycles. The molecule has 3 aromatic heterocycles. The maximum atomic E-state index is 13.0. The molecule has 0 aliphatic carbocycles. The highest BCUT2D eigenvalue weighted by molar-refractivity contribution is 5.98. The van der Waals surface area contributed by atoms with Gasteiger partial charge in [0.1, 0.15) is 23.4 Å². The van der Waals surface area contributed by atoms with Gasteiger partial charge in [0, 0.05) is 17.8 Å². The Bertz CT molecular complexity index is 1660. The summed E-state index contributed by atoms with van der Waals surface area (Å²) < 4.78 is 46.7. The number of piperidine rings is 1. The van der Waals surface area contributed by atoms with Gasteiger partial charge in [-0.1, -0.05) is 18.2 Å². The second kappa shape index (κ2) is 9.53.